The zero-order chi connectivity index (χ0) is 9.19. The van der Waals surface area contributed by atoms with E-state index in [0.717, 1.165) is 0 Å². The minimum absolute atomic E-state index is 0.0549. The molecule has 0 aliphatic carbocycles. The van der Waals surface area contributed by atoms with Crippen molar-refractivity contribution in [3.05, 3.63) is 6.20 Å². The number of alkyl halides is 3. The van der Waals surface area contributed by atoms with Crippen LogP contribution in [0.1, 0.15) is 0 Å². The Morgan fingerprint density at radius 3 is 2.67 bits per heavy atom. The first-order valence-electron chi connectivity index (χ1n) is 2.97. The van der Waals surface area contributed by atoms with Crippen LogP contribution in [0.25, 0.3) is 0 Å². The second kappa shape index (κ2) is 2.92. The van der Waals surface area contributed by atoms with Crippen molar-refractivity contribution in [1.82, 2.24) is 10.2 Å². The van der Waals surface area contributed by atoms with Crippen molar-refractivity contribution in [2.45, 2.75) is 6.18 Å². The van der Waals surface area contributed by atoms with Gasteiger partial charge in [0, 0.05) is 0 Å². The lowest BCUT2D eigenvalue weighted by Gasteiger charge is -2.06. The number of aromatic amines is 1. The van der Waals surface area contributed by atoms with Gasteiger partial charge >= 0.3 is 6.18 Å². The number of nitrogen functional groups attached to an aromatic ring is 1. The molecule has 1 aromatic rings. The molecular weight excluding hydrogens is 175 g/mol. The van der Waals surface area contributed by atoms with Crippen molar-refractivity contribution in [3.8, 4) is 5.88 Å². The van der Waals surface area contributed by atoms with Gasteiger partial charge in [0.25, 0.3) is 0 Å². The standard InChI is InChI=1S/C5H6F3N3O/c6-5(7,8)2-12-4-3(9)1-10-11-4/h1H,2,9H2,(H,10,11). The highest BCUT2D eigenvalue weighted by Gasteiger charge is 2.28. The number of anilines is 1. The van der Waals surface area contributed by atoms with Gasteiger partial charge in [-0.2, -0.15) is 18.3 Å². The molecular formula is C5H6F3N3O. The van der Waals surface area contributed by atoms with E-state index >= 15 is 0 Å². The Labute approximate surface area is 65.5 Å². The summed E-state index contributed by atoms with van der Waals surface area (Å²) in [4.78, 5) is 0. The summed E-state index contributed by atoms with van der Waals surface area (Å²) in [5.74, 6) is -0.160. The lowest BCUT2D eigenvalue weighted by Crippen LogP contribution is -2.19. The molecule has 0 saturated heterocycles. The molecule has 1 rings (SSSR count). The number of nitrogens with one attached hydrogen (secondary N) is 1. The molecule has 68 valence electrons. The summed E-state index contributed by atoms with van der Waals surface area (Å²) in [6.07, 6.45) is -3.19. The maximum Gasteiger partial charge on any atom is 0.422 e. The van der Waals surface area contributed by atoms with Crippen molar-refractivity contribution in [2.24, 2.45) is 0 Å². The third-order valence-electron chi connectivity index (χ3n) is 1.01. The van der Waals surface area contributed by atoms with Crippen LogP contribution in [0.2, 0.25) is 0 Å². The molecule has 0 spiro atoms. The van der Waals surface area contributed by atoms with Crippen LogP contribution in [-0.2, 0) is 0 Å². The number of ether oxygens (including phenoxy) is 1. The van der Waals surface area contributed by atoms with Crippen LogP contribution in [0, 0.1) is 0 Å². The fraction of sp³-hybridized carbons (Fsp3) is 0.400. The fourth-order valence-corrected chi connectivity index (χ4v) is 0.553. The molecule has 7 heteroatoms. The maximum absolute atomic E-state index is 11.6. The predicted octanol–water partition coefficient (Wildman–Crippen LogP) is 0.933. The first kappa shape index (κ1) is 8.69. The number of aromatic nitrogens is 2. The van der Waals surface area contributed by atoms with E-state index in [1.54, 1.807) is 0 Å². The predicted molar refractivity (Wildman–Crippen MR) is 34.6 cm³/mol. The largest absolute Gasteiger partial charge is 0.467 e. The van der Waals surface area contributed by atoms with Crippen molar-refractivity contribution in [1.29, 1.82) is 0 Å². The average molecular weight is 181 g/mol. The molecule has 1 heterocycles. The molecule has 4 nitrogen and oxygen atoms in total. The fourth-order valence-electron chi connectivity index (χ4n) is 0.553. The molecule has 0 amide bonds. The number of halogens is 3. The summed E-state index contributed by atoms with van der Waals surface area (Å²) in [6.45, 7) is -1.38. The Balaban J connectivity index is 2.49. The molecule has 0 fully saturated rings. The maximum atomic E-state index is 11.6. The Morgan fingerprint density at radius 2 is 2.25 bits per heavy atom. The van der Waals surface area contributed by atoms with Crippen LogP contribution in [-0.4, -0.2) is 23.0 Å². The highest BCUT2D eigenvalue weighted by atomic mass is 19.4. The number of H-pyrrole nitrogens is 1. The molecule has 0 saturated carbocycles. The monoisotopic (exact) mass is 181 g/mol. The van der Waals surface area contributed by atoms with Crippen LogP contribution in [0.5, 0.6) is 5.88 Å². The molecule has 0 radical (unpaired) electrons. The summed E-state index contributed by atoms with van der Waals surface area (Å²) >= 11 is 0. The third kappa shape index (κ3) is 2.33. The van der Waals surface area contributed by atoms with Gasteiger partial charge in [-0.1, -0.05) is 0 Å². The summed E-state index contributed by atoms with van der Waals surface area (Å²) in [5, 5.41) is 5.56. The van der Waals surface area contributed by atoms with Crippen LogP contribution < -0.4 is 10.5 Å². The highest BCUT2D eigenvalue weighted by molar-refractivity contribution is 5.45. The van der Waals surface area contributed by atoms with Crippen molar-refractivity contribution in [2.75, 3.05) is 12.3 Å². The first-order valence-corrected chi connectivity index (χ1v) is 2.97. The summed E-state index contributed by atoms with van der Waals surface area (Å²) in [7, 11) is 0. The van der Waals surface area contributed by atoms with Crippen molar-refractivity contribution in [3.63, 3.8) is 0 Å². The lowest BCUT2D eigenvalue weighted by molar-refractivity contribution is -0.153. The van der Waals surface area contributed by atoms with Crippen molar-refractivity contribution < 1.29 is 17.9 Å². The Bertz CT molecular complexity index is 257. The van der Waals surface area contributed by atoms with Gasteiger partial charge in [-0.3, -0.25) is 0 Å². The molecule has 0 aliphatic heterocycles. The van der Waals surface area contributed by atoms with Gasteiger partial charge in [0.05, 0.1) is 6.20 Å². The summed E-state index contributed by atoms with van der Waals surface area (Å²) < 4.78 is 39.0. The van der Waals surface area contributed by atoms with Crippen LogP contribution in [0.4, 0.5) is 18.9 Å². The SMILES string of the molecule is Nc1cn[nH]c1OCC(F)(F)F. The number of hydrogen-bond donors (Lipinski definition) is 2. The Morgan fingerprint density at radius 1 is 1.58 bits per heavy atom. The smallest absolute Gasteiger partial charge is 0.422 e. The first-order chi connectivity index (χ1) is 5.49. The van der Waals surface area contributed by atoms with Gasteiger partial charge in [-0.25, -0.2) is 5.10 Å². The molecule has 0 atom stereocenters. The van der Waals surface area contributed by atoms with E-state index in [0.29, 0.717) is 0 Å². The zero-order valence-corrected chi connectivity index (χ0v) is 5.85. The van der Waals surface area contributed by atoms with Gasteiger partial charge in [0.1, 0.15) is 5.69 Å². The van der Waals surface area contributed by atoms with E-state index in [-0.39, 0.29) is 11.6 Å². The van der Waals surface area contributed by atoms with E-state index < -0.39 is 12.8 Å². The van der Waals surface area contributed by atoms with Crippen molar-refractivity contribution >= 4 is 5.69 Å². The van der Waals surface area contributed by atoms with E-state index in [1.165, 1.54) is 6.20 Å². The van der Waals surface area contributed by atoms with E-state index in [9.17, 15) is 13.2 Å². The normalized spacial score (nSPS) is 11.6. The molecule has 3 N–H and O–H groups in total. The van der Waals surface area contributed by atoms with Gasteiger partial charge in [-0.15, -0.1) is 0 Å². The van der Waals surface area contributed by atoms with Gasteiger partial charge < -0.3 is 10.5 Å². The van der Waals surface area contributed by atoms with Crippen LogP contribution in [0.15, 0.2) is 6.20 Å². The van der Waals surface area contributed by atoms with E-state index in [1.807, 2.05) is 0 Å². The summed E-state index contributed by atoms with van der Waals surface area (Å²) in [6, 6.07) is 0. The second-order valence-corrected chi connectivity index (χ2v) is 2.06. The molecule has 0 aromatic carbocycles. The van der Waals surface area contributed by atoms with Gasteiger partial charge in [-0.05, 0) is 0 Å². The van der Waals surface area contributed by atoms with Gasteiger partial charge in [0.2, 0.25) is 5.88 Å². The van der Waals surface area contributed by atoms with Gasteiger partial charge in [0.15, 0.2) is 6.61 Å². The number of rotatable bonds is 2. The lowest BCUT2D eigenvalue weighted by atomic mass is 10.6. The molecule has 0 aliphatic rings. The third-order valence-corrected chi connectivity index (χ3v) is 1.01. The van der Waals surface area contributed by atoms with E-state index in [4.69, 9.17) is 5.73 Å². The average Bonchev–Trinajstić information content (AvgIpc) is 2.29. The number of nitrogens with zero attached hydrogens (tertiary/aromatic N) is 1. The molecule has 0 bridgehead atoms. The molecule has 0 unspecified atom stereocenters. The minimum atomic E-state index is -4.36. The highest BCUT2D eigenvalue weighted by Crippen LogP contribution is 2.20. The zero-order valence-electron chi connectivity index (χ0n) is 5.85. The Kier molecular flexibility index (Phi) is 2.11. The van der Waals surface area contributed by atoms with Crippen LogP contribution in [0.3, 0.4) is 0 Å². The minimum Gasteiger partial charge on any atom is -0.467 e. The quantitative estimate of drug-likeness (QED) is 0.713. The van der Waals surface area contributed by atoms with E-state index in [2.05, 4.69) is 14.9 Å². The number of hydrogen-bond acceptors (Lipinski definition) is 3. The number of nitrogens with two attached hydrogens (primary N) is 1. The summed E-state index contributed by atoms with van der Waals surface area (Å²) in [5.41, 5.74) is 5.24. The molecule has 1 aromatic heterocycles. The second-order valence-electron chi connectivity index (χ2n) is 2.06. The topological polar surface area (TPSA) is 63.9 Å². The molecule has 12 heavy (non-hydrogen) atoms. The van der Waals surface area contributed by atoms with Crippen LogP contribution >= 0.6 is 0 Å². The Hall–Kier alpha value is -1.40.